The van der Waals surface area contributed by atoms with Gasteiger partial charge in [0.25, 0.3) is 0 Å². The Morgan fingerprint density at radius 2 is 0.862 bits per heavy atom. The van der Waals surface area contributed by atoms with Crippen LogP contribution in [-0.2, 0) is 0 Å². The molecule has 4 aromatic rings. The fourth-order valence-corrected chi connectivity index (χ4v) is 10.3. The van der Waals surface area contributed by atoms with Crippen molar-refractivity contribution >= 4 is 69.4 Å². The zero-order chi connectivity index (χ0) is 61.9. The number of carbonyl (C=O) groups is 6. The van der Waals surface area contributed by atoms with Gasteiger partial charge in [-0.1, -0.05) is 49.9 Å². The number of hydrogen-bond acceptors (Lipinski definition) is 11. The Balaban J connectivity index is 0.000000275. The van der Waals surface area contributed by atoms with Crippen LogP contribution < -0.4 is 77.3 Å². The van der Waals surface area contributed by atoms with Crippen LogP contribution in [0.2, 0.25) is 0 Å². The van der Waals surface area contributed by atoms with E-state index in [2.05, 4.69) is 61.5 Å². The number of anilines is 2. The van der Waals surface area contributed by atoms with E-state index in [-0.39, 0.29) is 42.7 Å². The number of rotatable bonds is 22. The van der Waals surface area contributed by atoms with E-state index in [1.807, 2.05) is 119 Å². The minimum atomic E-state index is -1.26. The Hall–Kier alpha value is -10.1. The van der Waals surface area contributed by atoms with E-state index in [1.165, 1.54) is 0 Å². The first-order valence-corrected chi connectivity index (χ1v) is 28.7. The van der Waals surface area contributed by atoms with Crippen molar-refractivity contribution in [3.8, 4) is 44.9 Å². The standard InChI is InChI=1S/2C32H38N6O5.CH4/c2*1-5-37(17-15-35-31(41)33-3)21-11-13-25-27(19-21)43-28-20-22(38(6-2)18-16-36-32(42)34-4)12-14-26(28)29(25)23-9-7-8-10-24(23)30(39)40;/h2*7-14,19-20H,5-6,15-18H2,1-4H3,(H4-,33,34,35,36,39,40,41,42);1H4/p+1. The van der Waals surface area contributed by atoms with Crippen molar-refractivity contribution in [3.63, 3.8) is 0 Å². The maximum atomic E-state index is 12.3. The molecular formula is C65H81N12O10+. The number of amides is 8. The zero-order valence-corrected chi connectivity index (χ0v) is 49.9. The second-order valence-electron chi connectivity index (χ2n) is 19.7. The molecule has 8 rings (SSSR count). The maximum Gasteiger partial charge on any atom is 0.336 e. The topological polar surface area (TPSA) is 281 Å². The van der Waals surface area contributed by atoms with E-state index < -0.39 is 11.9 Å². The molecule has 0 unspecified atom stereocenters. The lowest BCUT2D eigenvalue weighted by Gasteiger charge is -2.24. The molecule has 460 valence electrons. The number of likely N-dealkylation sites (N-methyl/N-ethyl adjacent to an activating group) is 4. The van der Waals surface area contributed by atoms with Gasteiger partial charge in [0, 0.05) is 142 Å². The number of hydrogen-bond donors (Lipinski definition) is 9. The molecule has 8 amide bonds. The summed E-state index contributed by atoms with van der Waals surface area (Å²) in [6.45, 7) is 15.2. The summed E-state index contributed by atoms with van der Waals surface area (Å²) in [4.78, 5) is 75.2. The number of nitrogens with zero attached hydrogens (tertiary/aromatic N) is 4. The van der Waals surface area contributed by atoms with E-state index in [9.17, 15) is 39.0 Å². The average molecular weight is 1190 g/mol. The van der Waals surface area contributed by atoms with Gasteiger partial charge in [-0.3, -0.25) is 0 Å². The van der Waals surface area contributed by atoms with Gasteiger partial charge in [0.05, 0.1) is 36.8 Å². The monoisotopic (exact) mass is 1190 g/mol. The first-order valence-electron chi connectivity index (χ1n) is 28.7. The smallest absolute Gasteiger partial charge is 0.336 e. The van der Waals surface area contributed by atoms with Crippen LogP contribution in [-0.4, -0.2) is 148 Å². The van der Waals surface area contributed by atoms with Gasteiger partial charge in [-0.2, -0.15) is 0 Å². The molecule has 9 N–H and O–H groups in total. The van der Waals surface area contributed by atoms with Gasteiger partial charge in [-0.25, -0.2) is 33.1 Å². The van der Waals surface area contributed by atoms with Gasteiger partial charge in [0.1, 0.15) is 35.8 Å². The molecule has 0 spiro atoms. The molecular weight excluding hydrogens is 1110 g/mol. The molecule has 4 aliphatic rings. The molecule has 0 fully saturated rings. The molecule has 22 heteroatoms. The molecule has 0 radical (unpaired) electrons. The van der Waals surface area contributed by atoms with Crippen LogP contribution in [0.25, 0.3) is 66.8 Å². The SMILES string of the molecule is C.CCN(CCNC(=O)NC)c1ccc2c(-c3ccccc3C(=O)O)c3ccc(=[N+](CC)CCNC(=O)NC)cc-3oc2c1.CCN(CCNC(=O)NC)c1ccc2c(-c3ccccc3C(=O)[O-])c3ccc(=[N+](CC)CCNC(=O)NC)cc-3oc2c1. The fraction of sp³-hybridized carbons (Fsp3) is 0.323. The van der Waals surface area contributed by atoms with Crippen molar-refractivity contribution in [2.45, 2.75) is 35.1 Å². The van der Waals surface area contributed by atoms with Crippen LogP contribution in [0.4, 0.5) is 30.6 Å². The number of carboxylic acid groups (broad SMARTS) is 2. The summed E-state index contributed by atoms with van der Waals surface area (Å²) < 4.78 is 17.3. The van der Waals surface area contributed by atoms with Crippen LogP contribution in [0.3, 0.4) is 0 Å². The largest absolute Gasteiger partial charge is 0.545 e. The lowest BCUT2D eigenvalue weighted by atomic mass is 9.90. The van der Waals surface area contributed by atoms with Gasteiger partial charge in [0.2, 0.25) is 10.7 Å². The number of nitrogens with one attached hydrogen (secondary N) is 8. The molecule has 0 saturated carbocycles. The Labute approximate surface area is 506 Å². The third-order valence-corrected chi connectivity index (χ3v) is 14.8. The summed E-state index contributed by atoms with van der Waals surface area (Å²) in [6, 6.07) is 36.4. The zero-order valence-electron chi connectivity index (χ0n) is 49.9. The van der Waals surface area contributed by atoms with Crippen molar-refractivity contribution in [3.05, 3.63) is 143 Å². The predicted octanol–water partition coefficient (Wildman–Crippen LogP) is 6.06. The first-order chi connectivity index (χ1) is 41.6. The summed E-state index contributed by atoms with van der Waals surface area (Å²) in [5.41, 5.74) is 7.53. The molecule has 0 aromatic heterocycles. The van der Waals surface area contributed by atoms with E-state index in [4.69, 9.17) is 8.83 Å². The first kappa shape index (κ1) is 66.0. The predicted molar refractivity (Wildman–Crippen MR) is 342 cm³/mol. The lowest BCUT2D eigenvalue weighted by molar-refractivity contribution is -0.255. The Kier molecular flexibility index (Phi) is 24.0. The fourth-order valence-electron chi connectivity index (χ4n) is 10.3. The summed E-state index contributed by atoms with van der Waals surface area (Å²) in [6.07, 6.45) is 0. The van der Waals surface area contributed by atoms with Crippen molar-refractivity contribution in [1.82, 2.24) is 51.7 Å². The highest BCUT2D eigenvalue weighted by Gasteiger charge is 2.25. The van der Waals surface area contributed by atoms with E-state index in [0.29, 0.717) is 112 Å². The molecule has 2 heterocycles. The third kappa shape index (κ3) is 16.2. The van der Waals surface area contributed by atoms with Gasteiger partial charge < -0.3 is 76.2 Å². The summed E-state index contributed by atoms with van der Waals surface area (Å²) >= 11 is 0. The van der Waals surface area contributed by atoms with Crippen molar-refractivity contribution in [2.75, 3.05) is 117 Å². The molecule has 0 bridgehead atoms. The lowest BCUT2D eigenvalue weighted by Crippen LogP contribution is -2.40. The molecule has 2 aliphatic heterocycles. The second kappa shape index (κ2) is 31.7. The highest BCUT2D eigenvalue weighted by Crippen LogP contribution is 2.44. The normalized spacial score (nSPS) is 11.5. The van der Waals surface area contributed by atoms with Crippen LogP contribution in [0.1, 0.15) is 55.8 Å². The third-order valence-electron chi connectivity index (χ3n) is 14.8. The van der Waals surface area contributed by atoms with Crippen molar-refractivity contribution < 1.29 is 47.8 Å². The minimum Gasteiger partial charge on any atom is -0.545 e. The highest BCUT2D eigenvalue weighted by molar-refractivity contribution is 6.09. The number of fused-ring (bicyclic) bond motifs is 4. The van der Waals surface area contributed by atoms with Crippen molar-refractivity contribution in [2.24, 2.45) is 0 Å². The number of aromatic carboxylic acids is 2. The van der Waals surface area contributed by atoms with Crippen molar-refractivity contribution in [1.29, 1.82) is 0 Å². The molecule has 22 nitrogen and oxygen atoms in total. The quantitative estimate of drug-likeness (QED) is 0.0277. The van der Waals surface area contributed by atoms with Crippen LogP contribution >= 0.6 is 0 Å². The highest BCUT2D eigenvalue weighted by atomic mass is 16.4. The van der Waals surface area contributed by atoms with Crippen LogP contribution in [0, 0.1) is 0 Å². The molecule has 0 atom stereocenters. The Morgan fingerprint density at radius 3 is 1.23 bits per heavy atom. The summed E-state index contributed by atoms with van der Waals surface area (Å²) in [7, 11) is 6.31. The number of carboxylic acids is 2. The summed E-state index contributed by atoms with van der Waals surface area (Å²) in [5, 5.41) is 47.1. The average Bonchev–Trinajstić information content (AvgIpc) is 1.52. The molecule has 4 aromatic carbocycles. The number of carbonyl (C=O) groups excluding carboxylic acids is 5. The number of urea groups is 4. The van der Waals surface area contributed by atoms with Gasteiger partial charge >= 0.3 is 30.1 Å². The molecule has 87 heavy (non-hydrogen) atoms. The van der Waals surface area contributed by atoms with E-state index in [0.717, 1.165) is 55.1 Å². The Morgan fingerprint density at radius 1 is 0.483 bits per heavy atom. The number of benzene rings is 6. The molecule has 0 saturated heterocycles. The van der Waals surface area contributed by atoms with E-state index >= 15 is 0 Å². The Bertz CT molecular complexity index is 3570. The molecule has 2 aliphatic carbocycles. The van der Waals surface area contributed by atoms with Gasteiger partial charge in [-0.15, -0.1) is 0 Å². The van der Waals surface area contributed by atoms with E-state index in [1.54, 1.807) is 58.5 Å². The van der Waals surface area contributed by atoms with Crippen LogP contribution in [0.5, 0.6) is 0 Å². The minimum absolute atomic E-state index is 0. The second-order valence-corrected chi connectivity index (χ2v) is 19.7. The maximum absolute atomic E-state index is 12.3. The van der Waals surface area contributed by atoms with Crippen LogP contribution in [0.15, 0.2) is 130 Å². The van der Waals surface area contributed by atoms with Gasteiger partial charge in [-0.05, 0) is 81.3 Å². The summed E-state index contributed by atoms with van der Waals surface area (Å²) in [5.74, 6) is -1.06. The van der Waals surface area contributed by atoms with Gasteiger partial charge in [0.15, 0.2) is 13.1 Å².